The van der Waals surface area contributed by atoms with Crippen molar-refractivity contribution in [1.29, 1.82) is 0 Å². The van der Waals surface area contributed by atoms with Crippen LogP contribution in [0.2, 0.25) is 0 Å². The lowest BCUT2D eigenvalue weighted by Gasteiger charge is -2.24. The van der Waals surface area contributed by atoms with Crippen molar-refractivity contribution in [3.05, 3.63) is 69.6 Å². The summed E-state index contributed by atoms with van der Waals surface area (Å²) in [6.07, 6.45) is 5.41. The van der Waals surface area contributed by atoms with Crippen molar-refractivity contribution < 1.29 is 9.59 Å². The maximum absolute atomic E-state index is 12.8. The number of aromatic nitrogens is 1. The minimum atomic E-state index is -0.470. The molecule has 5 nitrogen and oxygen atoms in total. The molecule has 1 aliphatic rings. The Morgan fingerprint density at radius 3 is 2.50 bits per heavy atom. The van der Waals surface area contributed by atoms with Gasteiger partial charge in [-0.25, -0.2) is 0 Å². The lowest BCUT2D eigenvalue weighted by Crippen LogP contribution is -2.34. The van der Waals surface area contributed by atoms with Gasteiger partial charge in [-0.3, -0.25) is 14.4 Å². The lowest BCUT2D eigenvalue weighted by atomic mass is 9.81. The largest absolute Gasteiger partial charge is 0.355 e. The first-order valence-electron chi connectivity index (χ1n) is 9.07. The van der Waals surface area contributed by atoms with Crippen LogP contribution < -0.4 is 10.9 Å². The van der Waals surface area contributed by atoms with Gasteiger partial charge in [0.25, 0.3) is 11.5 Å². The van der Waals surface area contributed by atoms with Crippen LogP contribution in [-0.2, 0) is 0 Å². The van der Waals surface area contributed by atoms with E-state index in [0.29, 0.717) is 17.9 Å². The van der Waals surface area contributed by atoms with E-state index in [0.717, 1.165) is 18.4 Å². The van der Waals surface area contributed by atoms with Crippen LogP contribution in [0.4, 0.5) is 0 Å². The molecule has 0 bridgehead atoms. The van der Waals surface area contributed by atoms with Gasteiger partial charge in [0, 0.05) is 25.2 Å². The molecule has 0 saturated heterocycles. The minimum absolute atomic E-state index is 0.00568. The van der Waals surface area contributed by atoms with Gasteiger partial charge >= 0.3 is 0 Å². The molecule has 0 unspecified atom stereocenters. The van der Waals surface area contributed by atoms with E-state index in [1.807, 2.05) is 37.3 Å². The quantitative estimate of drug-likeness (QED) is 0.812. The van der Waals surface area contributed by atoms with Gasteiger partial charge in [0.05, 0.1) is 6.04 Å². The number of nitrogens with zero attached hydrogens (tertiary/aromatic N) is 1. The molecule has 136 valence electrons. The van der Waals surface area contributed by atoms with Crippen molar-refractivity contribution in [1.82, 2.24) is 9.88 Å². The van der Waals surface area contributed by atoms with Crippen LogP contribution in [0.15, 0.2) is 47.4 Å². The Hall–Kier alpha value is -2.69. The summed E-state index contributed by atoms with van der Waals surface area (Å²) in [6, 6.07) is 10.7. The highest BCUT2D eigenvalue weighted by molar-refractivity contribution is 6.00. The first-order valence-corrected chi connectivity index (χ1v) is 9.07. The maximum atomic E-state index is 12.8. The number of Topliss-reactive ketones (excluding diaryl/α,β-unsaturated/α-hetero) is 1. The summed E-state index contributed by atoms with van der Waals surface area (Å²) >= 11 is 0. The summed E-state index contributed by atoms with van der Waals surface area (Å²) < 4.78 is 1.49. The molecule has 1 aromatic heterocycles. The van der Waals surface area contributed by atoms with E-state index >= 15 is 0 Å². The van der Waals surface area contributed by atoms with Gasteiger partial charge in [0.1, 0.15) is 5.56 Å². The van der Waals surface area contributed by atoms with Crippen molar-refractivity contribution in [2.75, 3.05) is 7.05 Å². The Morgan fingerprint density at radius 1 is 1.23 bits per heavy atom. The molecule has 1 fully saturated rings. The zero-order valence-corrected chi connectivity index (χ0v) is 15.2. The number of rotatable bonds is 6. The van der Waals surface area contributed by atoms with Gasteiger partial charge < -0.3 is 9.88 Å². The van der Waals surface area contributed by atoms with E-state index in [2.05, 4.69) is 5.32 Å². The average molecular weight is 352 g/mol. The number of carbonyl (C=O) groups excluding carboxylic acids is 2. The Kier molecular flexibility index (Phi) is 5.35. The Balaban J connectivity index is 2.04. The van der Waals surface area contributed by atoms with Crippen LogP contribution in [0.3, 0.4) is 0 Å². The molecule has 1 N–H and O–H groups in total. The SMILES string of the molecule is CNC(=O)c1cc(C(=O)CC2CCC2)cn([C@@H](C)c2ccccc2)c1=O. The molecule has 0 spiro atoms. The predicted octanol–water partition coefficient (Wildman–Crippen LogP) is 3.19. The van der Waals surface area contributed by atoms with Crippen LogP contribution in [0.5, 0.6) is 0 Å². The number of ketones is 1. The van der Waals surface area contributed by atoms with Gasteiger partial charge in [-0.05, 0) is 24.5 Å². The van der Waals surface area contributed by atoms with E-state index in [4.69, 9.17) is 0 Å². The van der Waals surface area contributed by atoms with Crippen LogP contribution in [-0.4, -0.2) is 23.3 Å². The molecule has 2 aromatic rings. The normalized spacial score (nSPS) is 15.2. The highest BCUT2D eigenvalue weighted by Crippen LogP contribution is 2.30. The predicted molar refractivity (Wildman–Crippen MR) is 101 cm³/mol. The Bertz CT molecular complexity index is 867. The third-order valence-electron chi connectivity index (χ3n) is 5.23. The van der Waals surface area contributed by atoms with Crippen molar-refractivity contribution in [3.63, 3.8) is 0 Å². The van der Waals surface area contributed by atoms with Gasteiger partial charge in [-0.2, -0.15) is 0 Å². The summed E-state index contributed by atoms with van der Waals surface area (Å²) in [5.41, 5.74) is 0.995. The number of carbonyl (C=O) groups is 2. The highest BCUT2D eigenvalue weighted by Gasteiger charge is 2.24. The molecule has 26 heavy (non-hydrogen) atoms. The van der Waals surface area contributed by atoms with Gasteiger partial charge in [0.2, 0.25) is 0 Å². The van der Waals surface area contributed by atoms with E-state index < -0.39 is 5.91 Å². The van der Waals surface area contributed by atoms with Gasteiger partial charge in [0.15, 0.2) is 5.78 Å². The summed E-state index contributed by atoms with van der Waals surface area (Å²) in [4.78, 5) is 37.7. The molecule has 1 aromatic carbocycles. The molecule has 1 heterocycles. The molecule has 0 aliphatic heterocycles. The average Bonchev–Trinajstić information content (AvgIpc) is 2.64. The number of nitrogens with one attached hydrogen (secondary N) is 1. The minimum Gasteiger partial charge on any atom is -0.355 e. The molecular weight excluding hydrogens is 328 g/mol. The Morgan fingerprint density at radius 2 is 1.92 bits per heavy atom. The topological polar surface area (TPSA) is 68.2 Å². The molecule has 3 rings (SSSR count). The summed E-state index contributed by atoms with van der Waals surface area (Å²) in [6.45, 7) is 1.89. The lowest BCUT2D eigenvalue weighted by molar-refractivity contribution is 0.0935. The molecule has 1 atom stereocenters. The van der Waals surface area contributed by atoms with Crippen LogP contribution in [0.1, 0.15) is 64.9 Å². The fourth-order valence-electron chi connectivity index (χ4n) is 3.31. The second-order valence-electron chi connectivity index (χ2n) is 6.94. The standard InChI is InChI=1S/C21H24N2O3/c1-14(16-9-4-3-5-10-16)23-13-17(19(24)11-15-7-6-8-15)12-18(21(23)26)20(25)22-2/h3-5,9-10,12-15H,6-8,11H2,1-2H3,(H,22,25)/t14-/m0/s1. The first-order chi connectivity index (χ1) is 12.5. The molecule has 0 radical (unpaired) electrons. The number of pyridine rings is 1. The molecule has 1 saturated carbocycles. The maximum Gasteiger partial charge on any atom is 0.263 e. The third kappa shape index (κ3) is 3.62. The van der Waals surface area contributed by atoms with Crippen molar-refractivity contribution >= 4 is 11.7 Å². The molecule has 1 aliphatic carbocycles. The third-order valence-corrected chi connectivity index (χ3v) is 5.23. The van der Waals surface area contributed by atoms with E-state index in [1.54, 1.807) is 6.20 Å². The Labute approximate surface area is 153 Å². The van der Waals surface area contributed by atoms with Crippen LogP contribution >= 0.6 is 0 Å². The summed E-state index contributed by atoms with van der Waals surface area (Å²) in [5.74, 6) is -0.0472. The summed E-state index contributed by atoms with van der Waals surface area (Å²) in [5, 5.41) is 2.49. The molecule has 1 amide bonds. The smallest absolute Gasteiger partial charge is 0.263 e. The molecular formula is C21H24N2O3. The van der Waals surface area contributed by atoms with E-state index in [1.165, 1.54) is 24.1 Å². The van der Waals surface area contributed by atoms with Gasteiger partial charge in [-0.15, -0.1) is 0 Å². The van der Waals surface area contributed by atoms with Crippen molar-refractivity contribution in [2.45, 2.75) is 38.6 Å². The van der Waals surface area contributed by atoms with E-state index in [9.17, 15) is 14.4 Å². The number of benzene rings is 1. The second-order valence-corrected chi connectivity index (χ2v) is 6.94. The number of hydrogen-bond acceptors (Lipinski definition) is 3. The first kappa shape index (κ1) is 18.1. The zero-order valence-electron chi connectivity index (χ0n) is 15.2. The van der Waals surface area contributed by atoms with Crippen LogP contribution in [0, 0.1) is 5.92 Å². The number of amides is 1. The van der Waals surface area contributed by atoms with Crippen molar-refractivity contribution in [2.24, 2.45) is 5.92 Å². The summed E-state index contributed by atoms with van der Waals surface area (Å²) in [7, 11) is 1.48. The highest BCUT2D eigenvalue weighted by atomic mass is 16.2. The fourth-order valence-corrected chi connectivity index (χ4v) is 3.31. The van der Waals surface area contributed by atoms with Crippen molar-refractivity contribution in [3.8, 4) is 0 Å². The van der Waals surface area contributed by atoms with E-state index in [-0.39, 0.29) is 22.9 Å². The molecule has 5 heteroatoms. The second kappa shape index (κ2) is 7.68. The number of hydrogen-bond donors (Lipinski definition) is 1. The van der Waals surface area contributed by atoms with Gasteiger partial charge in [-0.1, -0.05) is 49.6 Å². The fraction of sp³-hybridized carbons (Fsp3) is 0.381. The monoisotopic (exact) mass is 352 g/mol. The zero-order chi connectivity index (χ0) is 18.7. The van der Waals surface area contributed by atoms with Crippen LogP contribution in [0.25, 0.3) is 0 Å².